The lowest BCUT2D eigenvalue weighted by Gasteiger charge is -2.28. The molecule has 2 amide bonds. The minimum absolute atomic E-state index is 0.0386. The van der Waals surface area contributed by atoms with E-state index in [-0.39, 0.29) is 18.0 Å². The number of unbranched alkanes of at least 4 members (excludes halogenated alkanes) is 1. The molecule has 1 fully saturated rings. The molecule has 23 heavy (non-hydrogen) atoms. The minimum atomic E-state index is -0.534. The molecule has 0 saturated carbocycles. The Kier molecular flexibility index (Phi) is 7.86. The van der Waals surface area contributed by atoms with Crippen molar-refractivity contribution in [2.24, 2.45) is 5.92 Å². The smallest absolute Gasteiger partial charge is 0.410 e. The molecule has 1 heterocycles. The molecule has 1 saturated heterocycles. The van der Waals surface area contributed by atoms with Crippen LogP contribution in [-0.2, 0) is 9.53 Å². The molecule has 0 aromatic carbocycles. The number of rotatable bonds is 7. The van der Waals surface area contributed by atoms with Crippen LogP contribution in [0.3, 0.4) is 0 Å². The molecule has 0 radical (unpaired) electrons. The van der Waals surface area contributed by atoms with Crippen LogP contribution in [-0.4, -0.2) is 41.6 Å². The van der Waals surface area contributed by atoms with Gasteiger partial charge in [-0.15, -0.1) is 0 Å². The van der Waals surface area contributed by atoms with Crippen LogP contribution < -0.4 is 5.32 Å². The first-order valence-electron chi connectivity index (χ1n) is 9.05. The maximum atomic E-state index is 12.5. The SMILES string of the molecule is CCCCC(CC)CNC(=O)[C@@H]1CCCN1C(=O)OC(C)(C)C. The molecule has 1 rings (SSSR count). The number of nitrogens with one attached hydrogen (secondary N) is 1. The van der Waals surface area contributed by atoms with Crippen molar-refractivity contribution in [3.05, 3.63) is 0 Å². The molecule has 0 aliphatic carbocycles. The molecule has 5 heteroatoms. The Labute approximate surface area is 141 Å². The minimum Gasteiger partial charge on any atom is -0.444 e. The Morgan fingerprint density at radius 1 is 1.30 bits per heavy atom. The molecule has 5 nitrogen and oxygen atoms in total. The van der Waals surface area contributed by atoms with Gasteiger partial charge in [0.2, 0.25) is 5.91 Å². The molecule has 1 N–H and O–H groups in total. The van der Waals surface area contributed by atoms with Gasteiger partial charge in [0.25, 0.3) is 0 Å². The third kappa shape index (κ3) is 6.80. The molecule has 0 aromatic heterocycles. The van der Waals surface area contributed by atoms with Gasteiger partial charge in [-0.25, -0.2) is 4.79 Å². The summed E-state index contributed by atoms with van der Waals surface area (Å²) in [6.07, 6.45) is 5.78. The van der Waals surface area contributed by atoms with E-state index in [1.807, 2.05) is 20.8 Å². The zero-order valence-electron chi connectivity index (χ0n) is 15.5. The second kappa shape index (κ2) is 9.14. The van der Waals surface area contributed by atoms with E-state index in [1.165, 1.54) is 12.8 Å². The van der Waals surface area contributed by atoms with Gasteiger partial charge < -0.3 is 10.1 Å². The van der Waals surface area contributed by atoms with Crippen molar-refractivity contribution in [3.8, 4) is 0 Å². The van der Waals surface area contributed by atoms with Gasteiger partial charge >= 0.3 is 6.09 Å². The molecular formula is C18H34N2O3. The highest BCUT2D eigenvalue weighted by atomic mass is 16.6. The maximum Gasteiger partial charge on any atom is 0.410 e. The lowest BCUT2D eigenvalue weighted by molar-refractivity contribution is -0.125. The molecule has 134 valence electrons. The fourth-order valence-corrected chi connectivity index (χ4v) is 2.88. The van der Waals surface area contributed by atoms with Crippen molar-refractivity contribution >= 4 is 12.0 Å². The fraction of sp³-hybridized carbons (Fsp3) is 0.889. The summed E-state index contributed by atoms with van der Waals surface area (Å²) in [6.45, 7) is 11.2. The fourth-order valence-electron chi connectivity index (χ4n) is 2.88. The summed E-state index contributed by atoms with van der Waals surface area (Å²) in [5.74, 6) is 0.485. The molecule has 1 aliphatic heterocycles. The molecule has 2 atom stereocenters. The Bertz CT molecular complexity index is 390. The first kappa shape index (κ1) is 19.8. The van der Waals surface area contributed by atoms with Crippen molar-refractivity contribution in [1.82, 2.24) is 10.2 Å². The Balaban J connectivity index is 2.52. The summed E-state index contributed by atoms with van der Waals surface area (Å²) in [7, 11) is 0. The summed E-state index contributed by atoms with van der Waals surface area (Å²) in [5.41, 5.74) is -0.534. The monoisotopic (exact) mass is 326 g/mol. The van der Waals surface area contributed by atoms with E-state index in [9.17, 15) is 9.59 Å². The van der Waals surface area contributed by atoms with Crippen LogP contribution in [0.25, 0.3) is 0 Å². The molecule has 0 spiro atoms. The summed E-state index contributed by atoms with van der Waals surface area (Å²) < 4.78 is 5.41. The zero-order valence-corrected chi connectivity index (χ0v) is 15.5. The summed E-state index contributed by atoms with van der Waals surface area (Å²) in [4.78, 5) is 26.3. The number of amides is 2. The van der Waals surface area contributed by atoms with Crippen LogP contribution in [0.2, 0.25) is 0 Å². The number of ether oxygens (including phenoxy) is 1. The Morgan fingerprint density at radius 3 is 2.57 bits per heavy atom. The van der Waals surface area contributed by atoms with Crippen LogP contribution in [0.4, 0.5) is 4.79 Å². The number of hydrogen-bond acceptors (Lipinski definition) is 3. The predicted octanol–water partition coefficient (Wildman–Crippen LogP) is 3.72. The van der Waals surface area contributed by atoms with Crippen LogP contribution in [0.1, 0.15) is 73.1 Å². The van der Waals surface area contributed by atoms with E-state index >= 15 is 0 Å². The van der Waals surface area contributed by atoms with E-state index in [4.69, 9.17) is 4.74 Å². The number of carbonyl (C=O) groups excluding carboxylic acids is 2. The van der Waals surface area contributed by atoms with E-state index in [2.05, 4.69) is 19.2 Å². The van der Waals surface area contributed by atoms with Crippen LogP contribution in [0.5, 0.6) is 0 Å². The van der Waals surface area contributed by atoms with E-state index < -0.39 is 5.60 Å². The third-order valence-electron chi connectivity index (χ3n) is 4.29. The van der Waals surface area contributed by atoms with Gasteiger partial charge in [0, 0.05) is 13.1 Å². The van der Waals surface area contributed by atoms with Crippen molar-refractivity contribution in [2.75, 3.05) is 13.1 Å². The van der Waals surface area contributed by atoms with Crippen molar-refractivity contribution in [3.63, 3.8) is 0 Å². The first-order chi connectivity index (χ1) is 10.8. The van der Waals surface area contributed by atoms with E-state index in [0.29, 0.717) is 19.0 Å². The average Bonchev–Trinajstić information content (AvgIpc) is 2.95. The first-order valence-corrected chi connectivity index (χ1v) is 9.05. The van der Waals surface area contributed by atoms with Gasteiger partial charge in [0.15, 0.2) is 0 Å². The Hall–Kier alpha value is -1.26. The second-order valence-corrected chi connectivity index (χ2v) is 7.49. The Morgan fingerprint density at radius 2 is 2.00 bits per heavy atom. The average molecular weight is 326 g/mol. The molecule has 0 aromatic rings. The highest BCUT2D eigenvalue weighted by Gasteiger charge is 2.36. The van der Waals surface area contributed by atoms with Gasteiger partial charge in [-0.1, -0.05) is 33.1 Å². The number of hydrogen-bond donors (Lipinski definition) is 1. The highest BCUT2D eigenvalue weighted by molar-refractivity contribution is 5.86. The third-order valence-corrected chi connectivity index (χ3v) is 4.29. The molecule has 1 aliphatic rings. The summed E-state index contributed by atoms with van der Waals surface area (Å²) in [6, 6.07) is -0.381. The maximum absolute atomic E-state index is 12.5. The topological polar surface area (TPSA) is 58.6 Å². The van der Waals surface area contributed by atoms with Crippen LogP contribution >= 0.6 is 0 Å². The zero-order chi connectivity index (χ0) is 17.5. The lowest BCUT2D eigenvalue weighted by Crippen LogP contribution is -2.48. The van der Waals surface area contributed by atoms with Crippen molar-refractivity contribution in [2.45, 2.75) is 84.8 Å². The van der Waals surface area contributed by atoms with Crippen LogP contribution in [0.15, 0.2) is 0 Å². The van der Waals surface area contributed by atoms with Gasteiger partial charge in [-0.3, -0.25) is 9.69 Å². The highest BCUT2D eigenvalue weighted by Crippen LogP contribution is 2.21. The van der Waals surface area contributed by atoms with Gasteiger partial charge in [-0.2, -0.15) is 0 Å². The number of nitrogens with zero attached hydrogens (tertiary/aromatic N) is 1. The van der Waals surface area contributed by atoms with Crippen molar-refractivity contribution < 1.29 is 14.3 Å². The molecule has 0 bridgehead atoms. The van der Waals surface area contributed by atoms with E-state index in [0.717, 1.165) is 25.7 Å². The number of carbonyl (C=O) groups is 2. The largest absolute Gasteiger partial charge is 0.444 e. The quantitative estimate of drug-likeness (QED) is 0.775. The summed E-state index contributed by atoms with van der Waals surface area (Å²) >= 11 is 0. The predicted molar refractivity (Wildman–Crippen MR) is 92.3 cm³/mol. The van der Waals surface area contributed by atoms with E-state index in [1.54, 1.807) is 4.90 Å². The summed E-state index contributed by atoms with van der Waals surface area (Å²) in [5, 5.41) is 3.04. The second-order valence-electron chi connectivity index (χ2n) is 7.49. The standard InChI is InChI=1S/C18H34N2O3/c1-6-8-10-14(7-2)13-19-16(21)15-11-9-12-20(15)17(22)23-18(3,4)5/h14-15H,6-13H2,1-5H3,(H,19,21)/t14?,15-/m0/s1. The molecular weight excluding hydrogens is 292 g/mol. The van der Waals surface area contributed by atoms with Crippen molar-refractivity contribution in [1.29, 1.82) is 0 Å². The number of likely N-dealkylation sites (tertiary alicyclic amines) is 1. The molecule has 1 unspecified atom stereocenters. The lowest BCUT2D eigenvalue weighted by atomic mass is 9.99. The van der Waals surface area contributed by atoms with Gasteiger partial charge in [0.05, 0.1) is 0 Å². The van der Waals surface area contributed by atoms with Crippen LogP contribution in [0, 0.1) is 5.92 Å². The van der Waals surface area contributed by atoms with Gasteiger partial charge in [-0.05, 0) is 46.0 Å². The normalized spacial score (nSPS) is 19.5. The van der Waals surface area contributed by atoms with Gasteiger partial charge in [0.1, 0.15) is 11.6 Å².